The maximum Gasteiger partial charge on any atom is 0.0465 e. The predicted octanol–water partition coefficient (Wildman–Crippen LogP) is 2.38. The van der Waals surface area contributed by atoms with E-state index >= 15 is 0 Å². The molecular formula is C9H16O. The van der Waals surface area contributed by atoms with E-state index in [9.17, 15) is 0 Å². The molecule has 0 saturated heterocycles. The summed E-state index contributed by atoms with van der Waals surface area (Å²) in [5, 5.41) is 0. The molecule has 0 heterocycles. The van der Waals surface area contributed by atoms with Crippen molar-refractivity contribution < 1.29 is 4.74 Å². The first-order valence-electron chi connectivity index (χ1n) is 4.09. The first-order chi connectivity index (χ1) is 4.93. The van der Waals surface area contributed by atoms with Crippen molar-refractivity contribution in [1.29, 1.82) is 0 Å². The average molecular weight is 140 g/mol. The van der Waals surface area contributed by atoms with Crippen LogP contribution in [0.3, 0.4) is 0 Å². The molecular weight excluding hydrogens is 124 g/mol. The number of rotatable bonds is 5. The Hall–Kier alpha value is -0.300. The highest BCUT2D eigenvalue weighted by molar-refractivity contribution is 4.95. The molecule has 1 aliphatic carbocycles. The van der Waals surface area contributed by atoms with Gasteiger partial charge in [-0.25, -0.2) is 0 Å². The third kappa shape index (κ3) is 3.67. The molecule has 0 aliphatic heterocycles. The Kier molecular flexibility index (Phi) is 3.52. The Bertz CT molecular complexity index is 103. The zero-order valence-electron chi connectivity index (χ0n) is 6.68. The molecule has 0 unspecified atom stereocenters. The minimum atomic E-state index is 0.898. The molecule has 0 spiro atoms. The van der Waals surface area contributed by atoms with Crippen molar-refractivity contribution in [1.82, 2.24) is 0 Å². The van der Waals surface area contributed by atoms with Gasteiger partial charge in [0.2, 0.25) is 0 Å². The molecule has 1 saturated carbocycles. The Morgan fingerprint density at radius 2 is 2.30 bits per heavy atom. The van der Waals surface area contributed by atoms with Gasteiger partial charge in [0.15, 0.2) is 0 Å². The molecule has 1 aliphatic rings. The lowest BCUT2D eigenvalue weighted by molar-refractivity contribution is 0.196. The monoisotopic (exact) mass is 140 g/mol. The van der Waals surface area contributed by atoms with E-state index < -0.39 is 0 Å². The van der Waals surface area contributed by atoms with E-state index in [1.54, 1.807) is 7.11 Å². The highest BCUT2D eigenvalue weighted by atomic mass is 16.5. The van der Waals surface area contributed by atoms with E-state index in [2.05, 4.69) is 12.2 Å². The summed E-state index contributed by atoms with van der Waals surface area (Å²) in [5.74, 6) is 0.933. The molecule has 0 bridgehead atoms. The summed E-state index contributed by atoms with van der Waals surface area (Å²) >= 11 is 0. The number of hydrogen-bond acceptors (Lipinski definition) is 1. The number of ether oxygens (including phenoxy) is 1. The molecule has 0 N–H and O–H groups in total. The van der Waals surface area contributed by atoms with E-state index in [0.717, 1.165) is 12.5 Å². The molecule has 1 fully saturated rings. The fraction of sp³-hybridized carbons (Fsp3) is 0.778. The van der Waals surface area contributed by atoms with Crippen molar-refractivity contribution in [2.24, 2.45) is 5.92 Å². The Labute approximate surface area is 63.1 Å². The number of hydrogen-bond donors (Lipinski definition) is 0. The molecule has 58 valence electrons. The minimum Gasteiger partial charge on any atom is -0.385 e. The summed E-state index contributed by atoms with van der Waals surface area (Å²) in [6, 6.07) is 0. The van der Waals surface area contributed by atoms with Crippen LogP contribution in [0.25, 0.3) is 0 Å². The lowest BCUT2D eigenvalue weighted by atomic mass is 10.2. The first-order valence-corrected chi connectivity index (χ1v) is 4.09. The Morgan fingerprint density at radius 3 is 2.90 bits per heavy atom. The zero-order valence-corrected chi connectivity index (χ0v) is 6.68. The van der Waals surface area contributed by atoms with Gasteiger partial charge in [-0.05, 0) is 31.6 Å². The first kappa shape index (κ1) is 7.80. The van der Waals surface area contributed by atoms with E-state index in [-0.39, 0.29) is 0 Å². The van der Waals surface area contributed by atoms with Crippen molar-refractivity contribution in [3.05, 3.63) is 12.2 Å². The summed E-state index contributed by atoms with van der Waals surface area (Å²) in [5.41, 5.74) is 0. The van der Waals surface area contributed by atoms with Crippen LogP contribution >= 0.6 is 0 Å². The van der Waals surface area contributed by atoms with E-state index in [4.69, 9.17) is 4.74 Å². The van der Waals surface area contributed by atoms with Gasteiger partial charge in [0, 0.05) is 13.7 Å². The quantitative estimate of drug-likeness (QED) is 0.421. The van der Waals surface area contributed by atoms with Crippen LogP contribution < -0.4 is 0 Å². The van der Waals surface area contributed by atoms with Crippen LogP contribution in [0.1, 0.15) is 25.7 Å². The Balaban J connectivity index is 1.83. The fourth-order valence-electron chi connectivity index (χ4n) is 0.923. The van der Waals surface area contributed by atoms with Gasteiger partial charge in [-0.3, -0.25) is 0 Å². The van der Waals surface area contributed by atoms with Crippen molar-refractivity contribution in [2.75, 3.05) is 13.7 Å². The van der Waals surface area contributed by atoms with Crippen LogP contribution in [-0.2, 0) is 4.74 Å². The van der Waals surface area contributed by atoms with E-state index in [0.29, 0.717) is 0 Å². The van der Waals surface area contributed by atoms with Crippen molar-refractivity contribution in [3.8, 4) is 0 Å². The number of unbranched alkanes of at least 4 members (excludes halogenated alkanes) is 1. The molecule has 1 heteroatoms. The summed E-state index contributed by atoms with van der Waals surface area (Å²) in [6.07, 6.45) is 9.82. The molecule has 0 aromatic rings. The average Bonchev–Trinajstić information content (AvgIpc) is 2.71. The van der Waals surface area contributed by atoms with Gasteiger partial charge >= 0.3 is 0 Å². The predicted molar refractivity (Wildman–Crippen MR) is 43.0 cm³/mol. The van der Waals surface area contributed by atoms with Crippen molar-refractivity contribution in [3.63, 3.8) is 0 Å². The van der Waals surface area contributed by atoms with E-state index in [1.165, 1.54) is 25.7 Å². The van der Waals surface area contributed by atoms with Gasteiger partial charge < -0.3 is 4.74 Å². The smallest absolute Gasteiger partial charge is 0.0465 e. The minimum absolute atomic E-state index is 0.898. The van der Waals surface area contributed by atoms with Gasteiger partial charge in [-0.1, -0.05) is 12.2 Å². The lowest BCUT2D eigenvalue weighted by Gasteiger charge is -1.92. The maximum absolute atomic E-state index is 4.93. The van der Waals surface area contributed by atoms with Gasteiger partial charge in [-0.2, -0.15) is 0 Å². The van der Waals surface area contributed by atoms with Gasteiger partial charge in [0.1, 0.15) is 0 Å². The SMILES string of the molecule is COCCCC=CC1CC1. The third-order valence-electron chi connectivity index (χ3n) is 1.75. The second kappa shape index (κ2) is 4.51. The normalized spacial score (nSPS) is 18.5. The summed E-state index contributed by atoms with van der Waals surface area (Å²) in [7, 11) is 1.75. The largest absolute Gasteiger partial charge is 0.385 e. The highest BCUT2D eigenvalue weighted by Crippen LogP contribution is 2.30. The third-order valence-corrected chi connectivity index (χ3v) is 1.75. The second-order valence-electron chi connectivity index (χ2n) is 2.90. The van der Waals surface area contributed by atoms with Crippen molar-refractivity contribution >= 4 is 0 Å². The van der Waals surface area contributed by atoms with Gasteiger partial charge in [0.05, 0.1) is 0 Å². The van der Waals surface area contributed by atoms with Crippen LogP contribution in [0.4, 0.5) is 0 Å². The van der Waals surface area contributed by atoms with Crippen LogP contribution in [0, 0.1) is 5.92 Å². The fourth-order valence-corrected chi connectivity index (χ4v) is 0.923. The molecule has 0 atom stereocenters. The molecule has 0 radical (unpaired) electrons. The number of allylic oxidation sites excluding steroid dienone is 2. The molecule has 10 heavy (non-hydrogen) atoms. The maximum atomic E-state index is 4.93. The molecule has 0 aromatic carbocycles. The van der Waals surface area contributed by atoms with Crippen LogP contribution in [0.5, 0.6) is 0 Å². The summed E-state index contributed by atoms with van der Waals surface area (Å²) in [6.45, 7) is 0.898. The van der Waals surface area contributed by atoms with Gasteiger partial charge in [0.25, 0.3) is 0 Å². The molecule has 1 nitrogen and oxygen atoms in total. The van der Waals surface area contributed by atoms with Crippen LogP contribution in [0.2, 0.25) is 0 Å². The molecule has 0 amide bonds. The lowest BCUT2D eigenvalue weighted by Crippen LogP contribution is -1.85. The number of methoxy groups -OCH3 is 1. The molecule has 0 aromatic heterocycles. The summed E-state index contributed by atoms with van der Waals surface area (Å²) < 4.78 is 4.93. The summed E-state index contributed by atoms with van der Waals surface area (Å²) in [4.78, 5) is 0. The second-order valence-corrected chi connectivity index (χ2v) is 2.90. The van der Waals surface area contributed by atoms with Crippen LogP contribution in [0.15, 0.2) is 12.2 Å². The standard InChI is InChI=1S/C9H16O/c1-10-8-4-2-3-5-9-6-7-9/h3,5,9H,2,4,6-8H2,1H3. The van der Waals surface area contributed by atoms with Crippen molar-refractivity contribution in [2.45, 2.75) is 25.7 Å². The molecule has 1 rings (SSSR count). The zero-order chi connectivity index (χ0) is 7.23. The highest BCUT2D eigenvalue weighted by Gasteiger charge is 2.16. The van der Waals surface area contributed by atoms with Gasteiger partial charge in [-0.15, -0.1) is 0 Å². The Morgan fingerprint density at radius 1 is 1.50 bits per heavy atom. The van der Waals surface area contributed by atoms with E-state index in [1.807, 2.05) is 0 Å². The van der Waals surface area contributed by atoms with Crippen LogP contribution in [-0.4, -0.2) is 13.7 Å². The topological polar surface area (TPSA) is 9.23 Å².